The minimum absolute atomic E-state index is 0.0493. The summed E-state index contributed by atoms with van der Waals surface area (Å²) in [4.78, 5) is 25.8. The molecule has 1 unspecified atom stereocenters. The number of nitrogens with zero attached hydrogens (tertiary/aromatic N) is 3. The largest absolute Gasteiger partial charge is 0.480 e. The van der Waals surface area contributed by atoms with E-state index in [4.69, 9.17) is 11.6 Å². The molecule has 11 heteroatoms. The lowest BCUT2D eigenvalue weighted by atomic mass is 9.98. The molecule has 1 aromatic heterocycles. The molecule has 2 aromatic carbocycles. The summed E-state index contributed by atoms with van der Waals surface area (Å²) < 4.78 is 56.9. The van der Waals surface area contributed by atoms with Crippen molar-refractivity contribution in [2.75, 3.05) is 6.54 Å². The van der Waals surface area contributed by atoms with E-state index < -0.39 is 29.6 Å². The number of aliphatic carboxylic acids is 1. The molecule has 0 spiro atoms. The number of carboxylic acid groups (broad SMARTS) is 1. The number of halogens is 5. The zero-order valence-corrected chi connectivity index (χ0v) is 19.6. The van der Waals surface area contributed by atoms with Gasteiger partial charge in [0, 0.05) is 24.6 Å². The van der Waals surface area contributed by atoms with Crippen molar-refractivity contribution in [1.29, 1.82) is 0 Å². The van der Waals surface area contributed by atoms with Crippen LogP contribution in [-0.2, 0) is 22.3 Å². The van der Waals surface area contributed by atoms with E-state index in [0.717, 1.165) is 29.7 Å². The molecule has 0 bridgehead atoms. The van der Waals surface area contributed by atoms with Crippen LogP contribution in [0.5, 0.6) is 0 Å². The minimum atomic E-state index is -4.64. The lowest BCUT2D eigenvalue weighted by Gasteiger charge is -2.23. The molecule has 6 nitrogen and oxygen atoms in total. The molecule has 0 aliphatic heterocycles. The summed E-state index contributed by atoms with van der Waals surface area (Å²) in [6.07, 6.45) is -3.17. The van der Waals surface area contributed by atoms with Crippen LogP contribution in [0.25, 0.3) is 22.2 Å². The Morgan fingerprint density at radius 3 is 2.51 bits per heavy atom. The minimum Gasteiger partial charge on any atom is -0.480 e. The summed E-state index contributed by atoms with van der Waals surface area (Å²) in [6, 6.07) is 4.43. The van der Waals surface area contributed by atoms with Gasteiger partial charge in [-0.25, -0.2) is 9.18 Å². The van der Waals surface area contributed by atoms with E-state index >= 15 is 4.39 Å². The molecule has 1 saturated carbocycles. The molecule has 1 heterocycles. The Hall–Kier alpha value is -3.14. The number of amides is 1. The predicted molar refractivity (Wildman–Crippen MR) is 121 cm³/mol. The van der Waals surface area contributed by atoms with E-state index in [1.54, 1.807) is 6.92 Å². The smallest absolute Gasteiger partial charge is 0.416 e. The Balaban J connectivity index is 1.95. The van der Waals surface area contributed by atoms with Gasteiger partial charge in [0.25, 0.3) is 0 Å². The first-order valence-corrected chi connectivity index (χ1v) is 11.4. The number of carboxylic acids is 1. The van der Waals surface area contributed by atoms with Crippen LogP contribution in [0.1, 0.15) is 43.9 Å². The molecule has 1 N–H and O–H groups in total. The first kappa shape index (κ1) is 25.0. The number of aromatic nitrogens is 2. The molecular weight excluding hydrogens is 490 g/mol. The Bertz CT molecular complexity index is 1320. The average Bonchev–Trinajstić information content (AvgIpc) is 3.58. The zero-order chi connectivity index (χ0) is 25.7. The first-order valence-electron chi connectivity index (χ1n) is 11.0. The highest BCUT2D eigenvalue weighted by Crippen LogP contribution is 2.39. The van der Waals surface area contributed by atoms with Gasteiger partial charge in [-0.05, 0) is 56.5 Å². The van der Waals surface area contributed by atoms with E-state index in [0.29, 0.717) is 0 Å². The van der Waals surface area contributed by atoms with Crippen molar-refractivity contribution >= 4 is 34.4 Å². The Morgan fingerprint density at radius 1 is 1.26 bits per heavy atom. The monoisotopic (exact) mass is 511 g/mol. The number of carbonyl (C=O) groups is 2. The van der Waals surface area contributed by atoms with Gasteiger partial charge in [0.1, 0.15) is 11.7 Å². The van der Waals surface area contributed by atoms with Crippen LogP contribution in [0, 0.1) is 11.7 Å². The number of fused-ring (bicyclic) bond motifs is 1. The first-order chi connectivity index (χ1) is 16.4. The molecule has 1 fully saturated rings. The van der Waals surface area contributed by atoms with E-state index in [2.05, 4.69) is 5.10 Å². The fourth-order valence-electron chi connectivity index (χ4n) is 4.03. The van der Waals surface area contributed by atoms with Gasteiger partial charge >= 0.3 is 12.1 Å². The van der Waals surface area contributed by atoms with E-state index in [1.165, 1.54) is 30.0 Å². The molecule has 1 aliphatic rings. The van der Waals surface area contributed by atoms with E-state index in [-0.39, 0.29) is 57.7 Å². The van der Waals surface area contributed by atoms with Crippen molar-refractivity contribution in [2.24, 2.45) is 5.92 Å². The van der Waals surface area contributed by atoms with Crippen molar-refractivity contribution in [3.05, 3.63) is 52.3 Å². The third-order valence-corrected chi connectivity index (χ3v) is 6.45. The van der Waals surface area contributed by atoms with Crippen LogP contribution in [-0.4, -0.2) is 38.2 Å². The highest BCUT2D eigenvalue weighted by molar-refractivity contribution is 6.31. The van der Waals surface area contributed by atoms with Gasteiger partial charge in [0.2, 0.25) is 5.91 Å². The van der Waals surface area contributed by atoms with Gasteiger partial charge in [-0.3, -0.25) is 9.48 Å². The van der Waals surface area contributed by atoms with Gasteiger partial charge in [-0.15, -0.1) is 0 Å². The van der Waals surface area contributed by atoms with Crippen molar-refractivity contribution in [1.82, 2.24) is 14.7 Å². The number of rotatable bonds is 7. The van der Waals surface area contributed by atoms with Crippen LogP contribution in [0.4, 0.5) is 17.6 Å². The molecule has 1 amide bonds. The molecule has 35 heavy (non-hydrogen) atoms. The number of hydrogen-bond donors (Lipinski definition) is 1. The van der Waals surface area contributed by atoms with Gasteiger partial charge in [-0.1, -0.05) is 17.7 Å². The van der Waals surface area contributed by atoms with Gasteiger partial charge in [-0.2, -0.15) is 18.3 Å². The molecule has 1 aliphatic carbocycles. The van der Waals surface area contributed by atoms with Gasteiger partial charge in [0.05, 0.1) is 21.5 Å². The summed E-state index contributed by atoms with van der Waals surface area (Å²) in [6.45, 7) is 3.21. The summed E-state index contributed by atoms with van der Waals surface area (Å²) in [7, 11) is 0. The predicted octanol–water partition coefficient (Wildman–Crippen LogP) is 5.92. The van der Waals surface area contributed by atoms with Crippen LogP contribution in [0.15, 0.2) is 30.3 Å². The molecule has 3 aromatic rings. The Morgan fingerprint density at radius 2 is 1.94 bits per heavy atom. The lowest BCUT2D eigenvalue weighted by Crippen LogP contribution is -2.31. The summed E-state index contributed by atoms with van der Waals surface area (Å²) >= 11 is 5.98. The maximum atomic E-state index is 15.2. The maximum absolute atomic E-state index is 15.2. The SMILES string of the molecule is CCN(Cc1cc(C(F)(F)F)ccc1-c1nn(C(C)C(=O)O)c2ccc(Cl)c(F)c12)C(=O)C1CC1. The van der Waals surface area contributed by atoms with Crippen LogP contribution in [0.3, 0.4) is 0 Å². The highest BCUT2D eigenvalue weighted by atomic mass is 35.5. The van der Waals surface area contributed by atoms with Gasteiger partial charge in [0.15, 0.2) is 5.82 Å². The molecule has 186 valence electrons. The second kappa shape index (κ2) is 9.14. The summed E-state index contributed by atoms with van der Waals surface area (Å²) in [5.74, 6) is -2.39. The fourth-order valence-corrected chi connectivity index (χ4v) is 4.19. The molecule has 4 rings (SSSR count). The molecule has 0 radical (unpaired) electrons. The summed E-state index contributed by atoms with van der Waals surface area (Å²) in [5, 5.41) is 13.5. The number of carbonyl (C=O) groups excluding carboxylic acids is 1. The molecule has 1 atom stereocenters. The van der Waals surface area contributed by atoms with Crippen LogP contribution < -0.4 is 0 Å². The maximum Gasteiger partial charge on any atom is 0.416 e. The van der Waals surface area contributed by atoms with E-state index in [9.17, 15) is 27.9 Å². The number of benzene rings is 2. The zero-order valence-electron chi connectivity index (χ0n) is 18.9. The summed E-state index contributed by atoms with van der Waals surface area (Å²) in [5.41, 5.74) is -0.574. The van der Waals surface area contributed by atoms with Crippen molar-refractivity contribution < 1.29 is 32.3 Å². The molecule has 0 saturated heterocycles. The third kappa shape index (κ3) is 4.71. The number of hydrogen-bond acceptors (Lipinski definition) is 3. The van der Waals surface area contributed by atoms with Gasteiger partial charge < -0.3 is 10.0 Å². The van der Waals surface area contributed by atoms with E-state index in [1.807, 2.05) is 0 Å². The Kier molecular flexibility index (Phi) is 6.52. The third-order valence-electron chi connectivity index (χ3n) is 6.16. The standard InChI is InChI=1S/C24H22ClF4N3O3/c1-3-31(22(33)13-4-5-13)11-14-10-15(24(27,28)29)6-7-16(14)21-19-18(9-8-17(25)20(19)26)32(30-21)12(2)23(34)35/h6-10,12-13H,3-5,11H2,1-2H3,(H,34,35). The van der Waals surface area contributed by atoms with Crippen LogP contribution in [0.2, 0.25) is 5.02 Å². The Labute approximate surface area is 203 Å². The average molecular weight is 512 g/mol. The topological polar surface area (TPSA) is 75.4 Å². The quantitative estimate of drug-likeness (QED) is 0.400. The fraction of sp³-hybridized carbons (Fsp3) is 0.375. The second-order valence-electron chi connectivity index (χ2n) is 8.56. The highest BCUT2D eigenvalue weighted by Gasteiger charge is 2.35. The van der Waals surface area contributed by atoms with Crippen molar-refractivity contribution in [3.63, 3.8) is 0 Å². The second-order valence-corrected chi connectivity index (χ2v) is 8.97. The van der Waals surface area contributed by atoms with Crippen LogP contribution >= 0.6 is 11.6 Å². The molecular formula is C24H22ClF4N3O3. The van der Waals surface area contributed by atoms with Crippen molar-refractivity contribution in [3.8, 4) is 11.3 Å². The van der Waals surface area contributed by atoms with Crippen molar-refractivity contribution in [2.45, 2.75) is 45.5 Å². The lowest BCUT2D eigenvalue weighted by molar-refractivity contribution is -0.140. The number of alkyl halides is 3. The normalized spacial score (nSPS) is 14.8.